The summed E-state index contributed by atoms with van der Waals surface area (Å²) in [5, 5.41) is 11.3. The van der Waals surface area contributed by atoms with E-state index in [1.807, 2.05) is 6.07 Å². The van der Waals surface area contributed by atoms with Crippen molar-refractivity contribution in [3.05, 3.63) is 53.6 Å². The first-order chi connectivity index (χ1) is 18.3. The van der Waals surface area contributed by atoms with Gasteiger partial charge in [0.1, 0.15) is 23.3 Å². The molecule has 3 fully saturated rings. The first-order valence-corrected chi connectivity index (χ1v) is 13.5. The number of benzene rings is 1. The highest BCUT2D eigenvalue weighted by atomic mass is 19.1. The highest BCUT2D eigenvalue weighted by molar-refractivity contribution is 5.83. The van der Waals surface area contributed by atoms with E-state index in [1.165, 1.54) is 6.07 Å². The minimum atomic E-state index is -1.66. The maximum Gasteiger partial charge on any atom is 0.189 e. The quantitative estimate of drug-likeness (QED) is 0.505. The third kappa shape index (κ3) is 3.90. The van der Waals surface area contributed by atoms with Crippen molar-refractivity contribution in [2.75, 3.05) is 31.1 Å². The summed E-state index contributed by atoms with van der Waals surface area (Å²) in [6, 6.07) is 5.45. The Morgan fingerprint density at radius 3 is 2.89 bits per heavy atom. The molecule has 3 aliphatic heterocycles. The zero-order valence-electron chi connectivity index (χ0n) is 21.4. The molecule has 0 spiro atoms. The van der Waals surface area contributed by atoms with Crippen LogP contribution in [0.4, 0.5) is 14.6 Å². The van der Waals surface area contributed by atoms with Crippen LogP contribution in [0.1, 0.15) is 43.7 Å². The van der Waals surface area contributed by atoms with Crippen molar-refractivity contribution in [3.8, 4) is 11.3 Å². The topological polar surface area (TPSA) is 74.6 Å². The molecule has 0 saturated carbocycles. The average Bonchev–Trinajstić information content (AvgIpc) is 3.43. The van der Waals surface area contributed by atoms with Crippen molar-refractivity contribution >= 4 is 22.9 Å². The van der Waals surface area contributed by atoms with E-state index in [4.69, 9.17) is 9.72 Å². The van der Waals surface area contributed by atoms with Crippen molar-refractivity contribution in [2.45, 2.75) is 62.6 Å². The van der Waals surface area contributed by atoms with Crippen molar-refractivity contribution in [1.82, 2.24) is 19.9 Å². The van der Waals surface area contributed by atoms with Gasteiger partial charge in [0, 0.05) is 48.6 Å². The number of aromatic nitrogens is 3. The Labute approximate surface area is 220 Å². The Morgan fingerprint density at radius 1 is 1.18 bits per heavy atom. The van der Waals surface area contributed by atoms with E-state index in [1.54, 1.807) is 30.6 Å². The summed E-state index contributed by atoms with van der Waals surface area (Å²) in [7, 11) is 0. The maximum atomic E-state index is 15.1. The molecule has 2 aromatic heterocycles. The van der Waals surface area contributed by atoms with Crippen molar-refractivity contribution in [3.63, 3.8) is 0 Å². The van der Waals surface area contributed by atoms with Crippen LogP contribution in [-0.2, 0) is 11.2 Å². The summed E-state index contributed by atoms with van der Waals surface area (Å²) in [6.45, 7) is 4.62. The van der Waals surface area contributed by atoms with Gasteiger partial charge in [0.2, 0.25) is 0 Å². The Bertz CT molecular complexity index is 1450. The third-order valence-electron chi connectivity index (χ3n) is 8.90. The van der Waals surface area contributed by atoms with Crippen LogP contribution in [0, 0.1) is 5.82 Å². The van der Waals surface area contributed by atoms with Gasteiger partial charge < -0.3 is 14.7 Å². The molecule has 0 amide bonds. The summed E-state index contributed by atoms with van der Waals surface area (Å²) >= 11 is 0. The number of ether oxygens (including phenoxy) is 1. The molecule has 7 rings (SSSR count). The number of nitrogens with zero attached hydrogens (tertiary/aromatic N) is 5. The predicted octanol–water partition coefficient (Wildman–Crippen LogP) is 4.28. The monoisotopic (exact) mass is 519 g/mol. The number of hydrogen-bond acceptors (Lipinski definition) is 7. The van der Waals surface area contributed by atoms with Crippen LogP contribution in [-0.4, -0.2) is 74.7 Å². The molecule has 4 atom stereocenters. The SMILES string of the molecule is C[C@H]1CCN1c1cnc2cnc(-c3ccc(F)c4c3C=CC(O)(OC[C@@]35CCCN3C[C@H](F)C5)C4)cc2n1. The number of anilines is 1. The molecule has 4 aliphatic rings. The molecule has 3 saturated heterocycles. The van der Waals surface area contributed by atoms with Crippen LogP contribution in [0.15, 0.2) is 36.7 Å². The van der Waals surface area contributed by atoms with E-state index in [0.717, 1.165) is 49.2 Å². The van der Waals surface area contributed by atoms with Gasteiger partial charge in [-0.3, -0.25) is 9.88 Å². The number of hydrogen-bond donors (Lipinski definition) is 1. The third-order valence-corrected chi connectivity index (χ3v) is 8.90. The fourth-order valence-corrected chi connectivity index (χ4v) is 6.61. The Kier molecular flexibility index (Phi) is 5.55. The fourth-order valence-electron chi connectivity index (χ4n) is 6.61. The predicted molar refractivity (Wildman–Crippen MR) is 141 cm³/mol. The van der Waals surface area contributed by atoms with Gasteiger partial charge in [-0.15, -0.1) is 0 Å². The average molecular weight is 520 g/mol. The summed E-state index contributed by atoms with van der Waals surface area (Å²) in [5.41, 5.74) is 3.49. The first kappa shape index (κ1) is 24.1. The van der Waals surface area contributed by atoms with Crippen molar-refractivity contribution in [1.29, 1.82) is 0 Å². The zero-order valence-corrected chi connectivity index (χ0v) is 21.4. The van der Waals surface area contributed by atoms with Gasteiger partial charge in [0.15, 0.2) is 5.79 Å². The van der Waals surface area contributed by atoms with Crippen LogP contribution in [0.25, 0.3) is 28.4 Å². The number of fused-ring (bicyclic) bond motifs is 3. The van der Waals surface area contributed by atoms with E-state index in [0.29, 0.717) is 41.3 Å². The van der Waals surface area contributed by atoms with E-state index in [-0.39, 0.29) is 18.6 Å². The number of pyridine rings is 1. The number of aliphatic hydroxyl groups is 1. The Morgan fingerprint density at radius 2 is 2.08 bits per heavy atom. The Balaban J connectivity index is 1.18. The molecule has 1 aromatic carbocycles. The van der Waals surface area contributed by atoms with Crippen molar-refractivity contribution < 1.29 is 18.6 Å². The lowest BCUT2D eigenvalue weighted by Gasteiger charge is -2.39. The lowest BCUT2D eigenvalue weighted by atomic mass is 9.88. The van der Waals surface area contributed by atoms with Crippen LogP contribution in [0.2, 0.25) is 0 Å². The van der Waals surface area contributed by atoms with Gasteiger partial charge in [0.25, 0.3) is 0 Å². The minimum absolute atomic E-state index is 0.0297. The zero-order chi connectivity index (χ0) is 26.1. The van der Waals surface area contributed by atoms with E-state index in [9.17, 15) is 9.50 Å². The van der Waals surface area contributed by atoms with Crippen molar-refractivity contribution in [2.24, 2.45) is 0 Å². The highest BCUT2D eigenvalue weighted by Gasteiger charge is 2.50. The van der Waals surface area contributed by atoms with Crippen LogP contribution in [0.5, 0.6) is 0 Å². The second kappa shape index (κ2) is 8.76. The van der Waals surface area contributed by atoms with E-state index in [2.05, 4.69) is 26.7 Å². The summed E-state index contributed by atoms with van der Waals surface area (Å²) in [4.78, 5) is 18.3. The lowest BCUT2D eigenvalue weighted by molar-refractivity contribution is -0.183. The van der Waals surface area contributed by atoms with Crippen LogP contribution < -0.4 is 4.90 Å². The molecule has 3 aromatic rings. The van der Waals surface area contributed by atoms with E-state index >= 15 is 4.39 Å². The molecule has 0 radical (unpaired) electrons. The minimum Gasteiger partial charge on any atom is -0.362 e. The normalized spacial score (nSPS) is 30.5. The van der Waals surface area contributed by atoms with Gasteiger partial charge in [0.05, 0.1) is 30.2 Å². The molecule has 7 nitrogen and oxygen atoms in total. The van der Waals surface area contributed by atoms with Gasteiger partial charge >= 0.3 is 0 Å². The molecule has 1 aliphatic carbocycles. The molecule has 0 bridgehead atoms. The summed E-state index contributed by atoms with van der Waals surface area (Å²) < 4.78 is 35.3. The standard InChI is InChI=1S/C29H31F2N5O2/c1-18-6-10-36(18)27-15-33-26-14-32-24(11-25(26)34-27)21-3-4-23(31)22-13-29(37,8-5-20(21)22)38-17-28-7-2-9-35(28)16-19(30)12-28/h3-5,8,11,14-15,18-19,37H,2,6-7,9-10,12-13,16-17H2,1H3/t18-,19+,28-,29?/m0/s1. The summed E-state index contributed by atoms with van der Waals surface area (Å²) in [6.07, 6.45) is 9.26. The molecular formula is C29H31F2N5O2. The number of alkyl halides is 1. The van der Waals surface area contributed by atoms with Gasteiger partial charge in [-0.1, -0.05) is 6.08 Å². The van der Waals surface area contributed by atoms with Crippen LogP contribution in [0.3, 0.4) is 0 Å². The van der Waals surface area contributed by atoms with Gasteiger partial charge in [-0.05, 0) is 62.6 Å². The molecule has 1 unspecified atom stereocenters. The number of halogens is 2. The summed E-state index contributed by atoms with van der Waals surface area (Å²) in [5.74, 6) is -1.22. The second-order valence-electron chi connectivity index (χ2n) is 11.3. The first-order valence-electron chi connectivity index (χ1n) is 13.5. The molecular weight excluding hydrogens is 488 g/mol. The van der Waals surface area contributed by atoms with Crippen LogP contribution >= 0.6 is 0 Å². The maximum absolute atomic E-state index is 15.1. The van der Waals surface area contributed by atoms with E-state index < -0.39 is 17.8 Å². The smallest absolute Gasteiger partial charge is 0.189 e. The van der Waals surface area contributed by atoms with Gasteiger partial charge in [-0.25, -0.2) is 18.7 Å². The molecule has 1 N–H and O–H groups in total. The highest BCUT2D eigenvalue weighted by Crippen LogP contribution is 2.42. The molecule has 5 heterocycles. The number of rotatable bonds is 5. The molecule has 198 valence electrons. The molecule has 9 heteroatoms. The van der Waals surface area contributed by atoms with Gasteiger partial charge in [-0.2, -0.15) is 0 Å². The fraction of sp³-hybridized carbons (Fsp3) is 0.483. The second-order valence-corrected chi connectivity index (χ2v) is 11.3. The lowest BCUT2D eigenvalue weighted by Crippen LogP contribution is -2.47. The molecule has 38 heavy (non-hydrogen) atoms. The Hall–Kier alpha value is -3.01. The largest absolute Gasteiger partial charge is 0.362 e.